The second-order valence-electron chi connectivity index (χ2n) is 4.19. The summed E-state index contributed by atoms with van der Waals surface area (Å²) < 4.78 is 4.75. The van der Waals surface area contributed by atoms with Crippen molar-refractivity contribution in [2.24, 2.45) is 5.92 Å². The third kappa shape index (κ3) is 4.35. The van der Waals surface area contributed by atoms with E-state index in [1.807, 2.05) is 0 Å². The zero-order valence-electron chi connectivity index (χ0n) is 9.91. The first-order valence-corrected chi connectivity index (χ1v) is 6.28. The number of thiocarbonyl (C=S) groups is 1. The molecule has 1 amide bonds. The molecule has 2 atom stereocenters. The van der Waals surface area contributed by atoms with E-state index in [1.165, 1.54) is 19.3 Å². The molecular formula is C11H20N2O2S. The van der Waals surface area contributed by atoms with Gasteiger partial charge in [0.1, 0.15) is 0 Å². The molecule has 0 radical (unpaired) electrons. The number of amides is 1. The zero-order valence-corrected chi connectivity index (χ0v) is 10.7. The SMILES string of the molecule is CCOC(=O)NC(=S)NC1CCCCC1C. The molecule has 1 aliphatic carbocycles. The molecule has 0 heterocycles. The van der Waals surface area contributed by atoms with E-state index in [1.54, 1.807) is 6.92 Å². The fraction of sp³-hybridized carbons (Fsp3) is 0.818. The summed E-state index contributed by atoms with van der Waals surface area (Å²) in [6.07, 6.45) is 4.37. The molecular weight excluding hydrogens is 224 g/mol. The number of hydrogen-bond donors (Lipinski definition) is 2. The number of ether oxygens (including phenoxy) is 1. The van der Waals surface area contributed by atoms with Crippen molar-refractivity contribution in [2.75, 3.05) is 6.61 Å². The summed E-state index contributed by atoms with van der Waals surface area (Å²) in [7, 11) is 0. The highest BCUT2D eigenvalue weighted by molar-refractivity contribution is 7.80. The van der Waals surface area contributed by atoms with Gasteiger partial charge in [-0.3, -0.25) is 5.32 Å². The van der Waals surface area contributed by atoms with E-state index >= 15 is 0 Å². The van der Waals surface area contributed by atoms with Gasteiger partial charge in [-0.25, -0.2) is 4.79 Å². The molecule has 1 rings (SSSR count). The minimum absolute atomic E-state index is 0.355. The van der Waals surface area contributed by atoms with Crippen LogP contribution in [0.3, 0.4) is 0 Å². The van der Waals surface area contributed by atoms with Crippen LogP contribution in [0.15, 0.2) is 0 Å². The molecule has 0 spiro atoms. The Bertz CT molecular complexity index is 258. The topological polar surface area (TPSA) is 50.4 Å². The Morgan fingerprint density at radius 2 is 2.12 bits per heavy atom. The summed E-state index contributed by atoms with van der Waals surface area (Å²) in [4.78, 5) is 11.1. The van der Waals surface area contributed by atoms with Gasteiger partial charge in [0.2, 0.25) is 0 Å². The van der Waals surface area contributed by atoms with E-state index in [4.69, 9.17) is 17.0 Å². The first-order chi connectivity index (χ1) is 7.63. The van der Waals surface area contributed by atoms with Gasteiger partial charge in [0.05, 0.1) is 6.61 Å². The van der Waals surface area contributed by atoms with Crippen molar-refractivity contribution < 1.29 is 9.53 Å². The van der Waals surface area contributed by atoms with Crippen LogP contribution in [0.2, 0.25) is 0 Å². The van der Waals surface area contributed by atoms with E-state index < -0.39 is 6.09 Å². The van der Waals surface area contributed by atoms with Crippen molar-refractivity contribution in [1.82, 2.24) is 10.6 Å². The molecule has 0 bridgehead atoms. The summed E-state index contributed by atoms with van der Waals surface area (Å²) in [6, 6.07) is 0.378. The van der Waals surface area contributed by atoms with Crippen molar-refractivity contribution in [3.63, 3.8) is 0 Å². The molecule has 1 aliphatic rings. The maximum absolute atomic E-state index is 11.1. The van der Waals surface area contributed by atoms with E-state index in [2.05, 4.69) is 17.6 Å². The predicted molar refractivity (Wildman–Crippen MR) is 67.3 cm³/mol. The first kappa shape index (κ1) is 13.2. The van der Waals surface area contributed by atoms with Crippen molar-refractivity contribution in [1.29, 1.82) is 0 Å². The smallest absolute Gasteiger partial charge is 0.413 e. The van der Waals surface area contributed by atoms with E-state index in [0.717, 1.165) is 6.42 Å². The molecule has 0 aromatic heterocycles. The first-order valence-electron chi connectivity index (χ1n) is 5.87. The van der Waals surface area contributed by atoms with Gasteiger partial charge in [0.25, 0.3) is 0 Å². The molecule has 0 aliphatic heterocycles. The quantitative estimate of drug-likeness (QED) is 0.731. The molecule has 2 N–H and O–H groups in total. The normalized spacial score (nSPS) is 24.6. The van der Waals surface area contributed by atoms with Gasteiger partial charge in [-0.05, 0) is 37.9 Å². The van der Waals surface area contributed by atoms with Gasteiger partial charge >= 0.3 is 6.09 Å². The van der Waals surface area contributed by atoms with Gasteiger partial charge < -0.3 is 10.1 Å². The zero-order chi connectivity index (χ0) is 12.0. The Hall–Kier alpha value is -0.840. The molecule has 4 nitrogen and oxygen atoms in total. The summed E-state index contributed by atoms with van der Waals surface area (Å²) in [6.45, 7) is 4.33. The number of hydrogen-bond acceptors (Lipinski definition) is 3. The van der Waals surface area contributed by atoms with Crippen LogP contribution >= 0.6 is 12.2 Å². The Balaban J connectivity index is 2.30. The highest BCUT2D eigenvalue weighted by Crippen LogP contribution is 2.23. The molecule has 2 unspecified atom stereocenters. The number of carbonyl (C=O) groups excluding carboxylic acids is 1. The fourth-order valence-corrected chi connectivity index (χ4v) is 2.23. The predicted octanol–water partition coefficient (Wildman–Crippen LogP) is 2.19. The second-order valence-corrected chi connectivity index (χ2v) is 4.60. The molecule has 92 valence electrons. The minimum Gasteiger partial charge on any atom is -0.450 e. The van der Waals surface area contributed by atoms with Crippen LogP contribution in [0.5, 0.6) is 0 Å². The maximum atomic E-state index is 11.1. The van der Waals surface area contributed by atoms with Crippen LogP contribution < -0.4 is 10.6 Å². The average molecular weight is 244 g/mol. The van der Waals surface area contributed by atoms with Gasteiger partial charge in [-0.15, -0.1) is 0 Å². The van der Waals surface area contributed by atoms with Gasteiger partial charge in [0, 0.05) is 6.04 Å². The van der Waals surface area contributed by atoms with Crippen LogP contribution in [0.4, 0.5) is 4.79 Å². The minimum atomic E-state index is -0.483. The summed E-state index contributed by atoms with van der Waals surface area (Å²) in [5.41, 5.74) is 0. The Kier molecular flexibility index (Phi) is 5.52. The van der Waals surface area contributed by atoms with Crippen molar-refractivity contribution in [3.05, 3.63) is 0 Å². The van der Waals surface area contributed by atoms with Crippen LogP contribution in [-0.2, 0) is 4.74 Å². The lowest BCUT2D eigenvalue weighted by atomic mass is 9.86. The second kappa shape index (κ2) is 6.68. The summed E-state index contributed by atoms with van der Waals surface area (Å²) in [5.74, 6) is 0.607. The standard InChI is InChI=1S/C11H20N2O2S/c1-3-15-11(14)13-10(16)12-9-7-5-4-6-8(9)2/h8-9H,3-7H2,1-2H3,(H2,12,13,14,16). The summed E-state index contributed by atoms with van der Waals surface area (Å²) >= 11 is 5.06. The lowest BCUT2D eigenvalue weighted by Crippen LogP contribution is -2.47. The third-order valence-corrected chi connectivity index (χ3v) is 3.14. The largest absolute Gasteiger partial charge is 0.450 e. The fourth-order valence-electron chi connectivity index (χ4n) is 2.00. The lowest BCUT2D eigenvalue weighted by molar-refractivity contribution is 0.157. The molecule has 1 saturated carbocycles. The number of carbonyl (C=O) groups is 1. The van der Waals surface area contributed by atoms with E-state index in [9.17, 15) is 4.79 Å². The molecule has 0 saturated heterocycles. The Labute approximate surface area is 102 Å². The number of rotatable bonds is 2. The van der Waals surface area contributed by atoms with Gasteiger partial charge in [0.15, 0.2) is 5.11 Å². The monoisotopic (exact) mass is 244 g/mol. The molecule has 0 aromatic rings. The molecule has 0 aromatic carbocycles. The van der Waals surface area contributed by atoms with Crippen LogP contribution in [0.1, 0.15) is 39.5 Å². The van der Waals surface area contributed by atoms with Crippen molar-refractivity contribution in [2.45, 2.75) is 45.6 Å². The highest BCUT2D eigenvalue weighted by Gasteiger charge is 2.22. The molecule has 16 heavy (non-hydrogen) atoms. The van der Waals surface area contributed by atoms with Gasteiger partial charge in [-0.1, -0.05) is 19.8 Å². The lowest BCUT2D eigenvalue weighted by Gasteiger charge is -2.30. The Morgan fingerprint density at radius 3 is 2.75 bits per heavy atom. The number of alkyl carbamates (subject to hydrolysis) is 1. The van der Waals surface area contributed by atoms with Crippen LogP contribution in [-0.4, -0.2) is 23.9 Å². The van der Waals surface area contributed by atoms with Crippen LogP contribution in [0, 0.1) is 5.92 Å². The van der Waals surface area contributed by atoms with Crippen molar-refractivity contribution >= 4 is 23.4 Å². The van der Waals surface area contributed by atoms with E-state index in [0.29, 0.717) is 23.7 Å². The Morgan fingerprint density at radius 1 is 1.44 bits per heavy atom. The molecule has 5 heteroatoms. The van der Waals surface area contributed by atoms with E-state index in [-0.39, 0.29) is 0 Å². The summed E-state index contributed by atoms with van der Waals surface area (Å²) in [5, 5.41) is 6.06. The molecule has 1 fully saturated rings. The number of nitrogens with one attached hydrogen (secondary N) is 2. The third-order valence-electron chi connectivity index (χ3n) is 2.92. The maximum Gasteiger partial charge on any atom is 0.413 e. The highest BCUT2D eigenvalue weighted by atomic mass is 32.1. The van der Waals surface area contributed by atoms with Crippen molar-refractivity contribution in [3.8, 4) is 0 Å². The van der Waals surface area contributed by atoms with Crippen LogP contribution in [0.25, 0.3) is 0 Å². The average Bonchev–Trinajstić information content (AvgIpc) is 2.21. The van der Waals surface area contributed by atoms with Gasteiger partial charge in [-0.2, -0.15) is 0 Å².